The number of hydrogen-bond acceptors (Lipinski definition) is 3. The predicted molar refractivity (Wildman–Crippen MR) is 94.1 cm³/mol. The topological polar surface area (TPSA) is 70.6 Å². The number of hydrogen-bond donors (Lipinski definition) is 2. The minimum absolute atomic E-state index is 0.181. The molecule has 6 heteroatoms. The summed E-state index contributed by atoms with van der Waals surface area (Å²) in [4.78, 5) is 4.58. The smallest absolute Gasteiger partial charge is 0.191 e. The number of sulfone groups is 1. The van der Waals surface area contributed by atoms with E-state index in [9.17, 15) is 8.42 Å². The van der Waals surface area contributed by atoms with E-state index in [2.05, 4.69) is 29.5 Å². The van der Waals surface area contributed by atoms with Crippen LogP contribution in [0.1, 0.15) is 59.3 Å². The van der Waals surface area contributed by atoms with Gasteiger partial charge in [0, 0.05) is 19.1 Å². The van der Waals surface area contributed by atoms with Crippen molar-refractivity contribution in [2.24, 2.45) is 10.9 Å². The predicted octanol–water partition coefficient (Wildman–Crippen LogP) is 2.34. The molecule has 5 nitrogen and oxygen atoms in total. The van der Waals surface area contributed by atoms with Crippen molar-refractivity contribution in [1.82, 2.24) is 10.6 Å². The number of aliphatic imine (C=N–C) groups is 1. The fraction of sp³-hybridized carbons (Fsp3) is 0.938. The first kappa shape index (κ1) is 19.3. The highest BCUT2D eigenvalue weighted by molar-refractivity contribution is 7.91. The number of nitrogens with zero attached hydrogens (tertiary/aromatic N) is 1. The van der Waals surface area contributed by atoms with Crippen LogP contribution in [0.25, 0.3) is 0 Å². The molecule has 1 rings (SSSR count). The van der Waals surface area contributed by atoms with Crippen molar-refractivity contribution in [1.29, 1.82) is 0 Å². The molecule has 2 unspecified atom stereocenters. The molecule has 0 spiro atoms. The molecule has 1 aliphatic rings. The van der Waals surface area contributed by atoms with Gasteiger partial charge < -0.3 is 10.6 Å². The quantitative estimate of drug-likeness (QED) is 0.386. The molecule has 0 aromatic rings. The van der Waals surface area contributed by atoms with Gasteiger partial charge in [-0.2, -0.15) is 0 Å². The lowest BCUT2D eigenvalue weighted by Gasteiger charge is -2.18. The van der Waals surface area contributed by atoms with Crippen LogP contribution in [0.4, 0.5) is 0 Å². The summed E-state index contributed by atoms with van der Waals surface area (Å²) < 4.78 is 23.0. The van der Waals surface area contributed by atoms with Gasteiger partial charge in [-0.3, -0.25) is 4.99 Å². The lowest BCUT2D eigenvalue weighted by atomic mass is 10.1. The summed E-state index contributed by atoms with van der Waals surface area (Å²) in [6.45, 7) is 7.86. The van der Waals surface area contributed by atoms with Crippen LogP contribution in [0.3, 0.4) is 0 Å². The largest absolute Gasteiger partial charge is 0.357 e. The Kier molecular flexibility index (Phi) is 8.83. The molecule has 1 aliphatic heterocycles. The molecule has 1 saturated heterocycles. The highest BCUT2D eigenvalue weighted by Crippen LogP contribution is 2.18. The lowest BCUT2D eigenvalue weighted by Crippen LogP contribution is -2.42. The average Bonchev–Trinajstić information content (AvgIpc) is 2.81. The number of guanidine groups is 1. The summed E-state index contributed by atoms with van der Waals surface area (Å²) in [6, 6.07) is 0.391. The molecule has 22 heavy (non-hydrogen) atoms. The molecule has 2 atom stereocenters. The fourth-order valence-electron chi connectivity index (χ4n) is 2.74. The van der Waals surface area contributed by atoms with E-state index in [1.807, 2.05) is 6.92 Å². The van der Waals surface area contributed by atoms with Crippen molar-refractivity contribution in [3.05, 3.63) is 0 Å². The van der Waals surface area contributed by atoms with E-state index in [0.29, 0.717) is 24.1 Å². The summed E-state index contributed by atoms with van der Waals surface area (Å²) in [5.74, 6) is 1.61. The Morgan fingerprint density at radius 2 is 2.05 bits per heavy atom. The normalized spacial score (nSPS) is 22.5. The van der Waals surface area contributed by atoms with Crippen molar-refractivity contribution >= 4 is 15.8 Å². The number of nitrogens with one attached hydrogen (secondary N) is 2. The molecule has 0 aromatic carbocycles. The summed E-state index contributed by atoms with van der Waals surface area (Å²) >= 11 is 0. The van der Waals surface area contributed by atoms with Gasteiger partial charge in [0.25, 0.3) is 0 Å². The summed E-state index contributed by atoms with van der Waals surface area (Å²) in [5, 5.41) is 6.68. The maximum atomic E-state index is 11.5. The number of rotatable bonds is 9. The first-order chi connectivity index (χ1) is 10.5. The third kappa shape index (κ3) is 8.01. The summed E-state index contributed by atoms with van der Waals surface area (Å²) in [5.41, 5.74) is 0. The van der Waals surface area contributed by atoms with Crippen LogP contribution in [-0.2, 0) is 9.84 Å². The molecular weight excluding hydrogens is 298 g/mol. The SMILES string of the molecule is CCCCCCC(C)NC(=NCC1CCS(=O)(=O)C1)NCC. The molecule has 0 amide bonds. The van der Waals surface area contributed by atoms with Crippen LogP contribution in [-0.4, -0.2) is 45.0 Å². The molecule has 0 bridgehead atoms. The van der Waals surface area contributed by atoms with Gasteiger partial charge in [-0.25, -0.2) is 8.42 Å². The molecule has 0 aromatic heterocycles. The monoisotopic (exact) mass is 331 g/mol. The Morgan fingerprint density at radius 3 is 2.64 bits per heavy atom. The van der Waals surface area contributed by atoms with Crippen LogP contribution in [0.2, 0.25) is 0 Å². The maximum absolute atomic E-state index is 11.5. The van der Waals surface area contributed by atoms with E-state index in [0.717, 1.165) is 25.3 Å². The lowest BCUT2D eigenvalue weighted by molar-refractivity contribution is 0.534. The van der Waals surface area contributed by atoms with Gasteiger partial charge in [0.2, 0.25) is 0 Å². The van der Waals surface area contributed by atoms with E-state index in [1.165, 1.54) is 25.7 Å². The zero-order valence-electron chi connectivity index (χ0n) is 14.4. The Balaban J connectivity index is 2.38. The minimum Gasteiger partial charge on any atom is -0.357 e. The Hall–Kier alpha value is -0.780. The van der Waals surface area contributed by atoms with Gasteiger partial charge in [0.05, 0.1) is 11.5 Å². The molecular formula is C16H33N3O2S. The third-order valence-corrected chi connectivity index (χ3v) is 5.89. The van der Waals surface area contributed by atoms with Crippen molar-refractivity contribution < 1.29 is 8.42 Å². The van der Waals surface area contributed by atoms with Crippen LogP contribution in [0.5, 0.6) is 0 Å². The van der Waals surface area contributed by atoms with E-state index in [1.54, 1.807) is 0 Å². The van der Waals surface area contributed by atoms with Gasteiger partial charge in [-0.15, -0.1) is 0 Å². The highest BCUT2D eigenvalue weighted by atomic mass is 32.2. The molecule has 1 fully saturated rings. The summed E-state index contributed by atoms with van der Waals surface area (Å²) in [7, 11) is -2.81. The summed E-state index contributed by atoms with van der Waals surface area (Å²) in [6.07, 6.45) is 6.98. The van der Waals surface area contributed by atoms with Crippen molar-refractivity contribution in [2.45, 2.75) is 65.3 Å². The van der Waals surface area contributed by atoms with Crippen LogP contribution in [0, 0.1) is 5.92 Å². The number of unbranched alkanes of at least 4 members (excludes halogenated alkanes) is 3. The van der Waals surface area contributed by atoms with E-state index in [4.69, 9.17) is 0 Å². The molecule has 1 heterocycles. The highest BCUT2D eigenvalue weighted by Gasteiger charge is 2.27. The van der Waals surface area contributed by atoms with Gasteiger partial charge in [-0.1, -0.05) is 32.6 Å². The zero-order chi connectivity index (χ0) is 16.4. The van der Waals surface area contributed by atoms with E-state index >= 15 is 0 Å². The average molecular weight is 332 g/mol. The second-order valence-electron chi connectivity index (χ2n) is 6.38. The van der Waals surface area contributed by atoms with Crippen LogP contribution < -0.4 is 10.6 Å². The molecule has 0 saturated carbocycles. The minimum atomic E-state index is -2.81. The Labute approximate surface area is 136 Å². The van der Waals surface area contributed by atoms with Crippen LogP contribution in [0.15, 0.2) is 4.99 Å². The second kappa shape index (κ2) is 10.1. The zero-order valence-corrected chi connectivity index (χ0v) is 15.2. The molecule has 0 aliphatic carbocycles. The van der Waals surface area contributed by atoms with E-state index < -0.39 is 9.84 Å². The van der Waals surface area contributed by atoms with Gasteiger partial charge in [0.15, 0.2) is 15.8 Å². The first-order valence-electron chi connectivity index (χ1n) is 8.72. The standard InChI is InChI=1S/C16H33N3O2S/c1-4-6-7-8-9-14(3)19-16(17-5-2)18-12-15-10-11-22(20,21)13-15/h14-15H,4-13H2,1-3H3,(H2,17,18,19). The van der Waals surface area contributed by atoms with Gasteiger partial charge >= 0.3 is 0 Å². The molecule has 2 N–H and O–H groups in total. The van der Waals surface area contributed by atoms with E-state index in [-0.39, 0.29) is 5.92 Å². The third-order valence-electron chi connectivity index (χ3n) is 4.05. The Morgan fingerprint density at radius 1 is 1.27 bits per heavy atom. The van der Waals surface area contributed by atoms with Crippen molar-refractivity contribution in [2.75, 3.05) is 24.6 Å². The molecule has 130 valence electrons. The first-order valence-corrected chi connectivity index (χ1v) is 10.5. The Bertz CT molecular complexity index is 435. The van der Waals surface area contributed by atoms with Crippen LogP contribution >= 0.6 is 0 Å². The van der Waals surface area contributed by atoms with Gasteiger partial charge in [-0.05, 0) is 32.6 Å². The second-order valence-corrected chi connectivity index (χ2v) is 8.61. The van der Waals surface area contributed by atoms with Gasteiger partial charge in [0.1, 0.15) is 0 Å². The van der Waals surface area contributed by atoms with Crippen molar-refractivity contribution in [3.8, 4) is 0 Å². The molecule has 0 radical (unpaired) electrons. The fourth-order valence-corrected chi connectivity index (χ4v) is 4.59. The van der Waals surface area contributed by atoms with Crippen molar-refractivity contribution in [3.63, 3.8) is 0 Å². The maximum Gasteiger partial charge on any atom is 0.191 e.